The molecule has 1 aliphatic heterocycles. The van der Waals surface area contributed by atoms with Crippen LogP contribution in [-0.2, 0) is 4.74 Å². The molecule has 2 aliphatic rings. The number of amides is 2. The Morgan fingerprint density at radius 1 is 1.11 bits per heavy atom. The van der Waals surface area contributed by atoms with Gasteiger partial charge in [-0.2, -0.15) is 0 Å². The minimum Gasteiger partial charge on any atom is -0.379 e. The number of urea groups is 1. The van der Waals surface area contributed by atoms with Gasteiger partial charge in [0.15, 0.2) is 0 Å². The van der Waals surface area contributed by atoms with E-state index in [9.17, 15) is 4.79 Å². The number of rotatable bonds is 4. The van der Waals surface area contributed by atoms with Gasteiger partial charge < -0.3 is 15.4 Å². The van der Waals surface area contributed by atoms with Crippen molar-refractivity contribution in [1.29, 1.82) is 0 Å². The molecule has 1 saturated heterocycles. The number of hydrogen-bond donors (Lipinski definition) is 2. The van der Waals surface area contributed by atoms with E-state index in [4.69, 9.17) is 4.74 Å². The maximum absolute atomic E-state index is 11.8. The Balaban J connectivity index is 1.55. The molecule has 0 atom stereocenters. The van der Waals surface area contributed by atoms with Crippen LogP contribution in [0.5, 0.6) is 0 Å². The predicted octanol–water partition coefficient (Wildman–Crippen LogP) is 1.34. The quantitative estimate of drug-likeness (QED) is 0.757. The molecule has 5 nitrogen and oxygen atoms in total. The fourth-order valence-electron chi connectivity index (χ4n) is 2.81. The Morgan fingerprint density at radius 2 is 1.79 bits per heavy atom. The fourth-order valence-corrected chi connectivity index (χ4v) is 2.81. The summed E-state index contributed by atoms with van der Waals surface area (Å²) in [6, 6.07) is 0.381. The molecule has 0 aromatic rings. The second-order valence-electron chi connectivity index (χ2n) is 5.54. The van der Waals surface area contributed by atoms with Crippen molar-refractivity contribution in [2.45, 2.75) is 44.6 Å². The van der Waals surface area contributed by atoms with Crippen LogP contribution < -0.4 is 10.6 Å². The van der Waals surface area contributed by atoms with Gasteiger partial charge in [0, 0.05) is 32.2 Å². The first-order chi connectivity index (χ1) is 9.34. The molecule has 110 valence electrons. The molecular formula is C14H27N3O2. The molecule has 0 spiro atoms. The summed E-state index contributed by atoms with van der Waals surface area (Å²) in [5.74, 6) is 0. The van der Waals surface area contributed by atoms with Gasteiger partial charge in [-0.05, 0) is 12.8 Å². The number of morpholine rings is 1. The molecule has 0 unspecified atom stereocenters. The molecule has 0 aromatic carbocycles. The van der Waals surface area contributed by atoms with Crippen molar-refractivity contribution in [1.82, 2.24) is 15.5 Å². The second kappa shape index (κ2) is 8.38. The summed E-state index contributed by atoms with van der Waals surface area (Å²) in [5.41, 5.74) is 0. The zero-order valence-electron chi connectivity index (χ0n) is 11.8. The van der Waals surface area contributed by atoms with Crippen LogP contribution in [0.2, 0.25) is 0 Å². The van der Waals surface area contributed by atoms with Crippen molar-refractivity contribution in [3.05, 3.63) is 0 Å². The number of ether oxygens (including phenoxy) is 1. The van der Waals surface area contributed by atoms with E-state index in [0.717, 1.165) is 52.2 Å². The minimum atomic E-state index is 0.000148. The van der Waals surface area contributed by atoms with Crippen molar-refractivity contribution in [2.24, 2.45) is 0 Å². The van der Waals surface area contributed by atoms with E-state index in [1.165, 1.54) is 25.7 Å². The molecular weight excluding hydrogens is 242 g/mol. The molecule has 2 rings (SSSR count). The van der Waals surface area contributed by atoms with Gasteiger partial charge in [0.2, 0.25) is 0 Å². The third-order valence-electron chi connectivity index (χ3n) is 4.01. The molecule has 0 radical (unpaired) electrons. The smallest absolute Gasteiger partial charge is 0.315 e. The Labute approximate surface area is 116 Å². The van der Waals surface area contributed by atoms with Crippen molar-refractivity contribution < 1.29 is 9.53 Å². The number of nitrogens with one attached hydrogen (secondary N) is 2. The normalized spacial score (nSPS) is 22.7. The monoisotopic (exact) mass is 269 g/mol. The molecule has 1 saturated carbocycles. The third-order valence-corrected chi connectivity index (χ3v) is 4.01. The van der Waals surface area contributed by atoms with Crippen LogP contribution in [0.4, 0.5) is 4.79 Å². The van der Waals surface area contributed by atoms with E-state index in [0.29, 0.717) is 6.04 Å². The summed E-state index contributed by atoms with van der Waals surface area (Å²) in [6.07, 6.45) is 7.40. The third kappa shape index (κ3) is 5.78. The summed E-state index contributed by atoms with van der Waals surface area (Å²) >= 11 is 0. The maximum Gasteiger partial charge on any atom is 0.315 e. The first-order valence-corrected chi connectivity index (χ1v) is 7.69. The lowest BCUT2D eigenvalue weighted by Crippen LogP contribution is -2.46. The molecule has 19 heavy (non-hydrogen) atoms. The standard InChI is InChI=1S/C14H27N3O2/c18-14(16-13-5-3-1-2-4-6-13)15-7-8-17-9-11-19-12-10-17/h13H,1-12H2,(H2,15,16,18). The zero-order chi connectivity index (χ0) is 13.3. The molecule has 2 N–H and O–H groups in total. The maximum atomic E-state index is 11.8. The molecule has 2 amide bonds. The number of hydrogen-bond acceptors (Lipinski definition) is 3. The summed E-state index contributed by atoms with van der Waals surface area (Å²) in [5, 5.41) is 6.07. The minimum absolute atomic E-state index is 0.000148. The van der Waals surface area contributed by atoms with Gasteiger partial charge in [0.05, 0.1) is 13.2 Å². The molecule has 0 aromatic heterocycles. The van der Waals surface area contributed by atoms with Gasteiger partial charge in [-0.1, -0.05) is 25.7 Å². The number of carbonyl (C=O) groups is 1. The van der Waals surface area contributed by atoms with Gasteiger partial charge >= 0.3 is 6.03 Å². The van der Waals surface area contributed by atoms with Gasteiger partial charge in [0.25, 0.3) is 0 Å². The van der Waals surface area contributed by atoms with Crippen LogP contribution in [0.25, 0.3) is 0 Å². The number of nitrogens with zero attached hydrogens (tertiary/aromatic N) is 1. The Hall–Kier alpha value is -0.810. The largest absolute Gasteiger partial charge is 0.379 e. The summed E-state index contributed by atoms with van der Waals surface area (Å²) in [6.45, 7) is 5.22. The van der Waals surface area contributed by atoms with E-state index >= 15 is 0 Å². The average Bonchev–Trinajstić information content (AvgIpc) is 2.68. The molecule has 0 bridgehead atoms. The lowest BCUT2D eigenvalue weighted by Gasteiger charge is -2.26. The molecule has 1 heterocycles. The highest BCUT2D eigenvalue weighted by atomic mass is 16.5. The predicted molar refractivity (Wildman–Crippen MR) is 75.3 cm³/mol. The first-order valence-electron chi connectivity index (χ1n) is 7.69. The zero-order valence-corrected chi connectivity index (χ0v) is 11.8. The summed E-state index contributed by atoms with van der Waals surface area (Å²) in [4.78, 5) is 14.1. The lowest BCUT2D eigenvalue weighted by molar-refractivity contribution is 0.0387. The van der Waals surface area contributed by atoms with Crippen molar-refractivity contribution >= 4 is 6.03 Å². The van der Waals surface area contributed by atoms with E-state index in [-0.39, 0.29) is 6.03 Å². The van der Waals surface area contributed by atoms with E-state index in [1.807, 2.05) is 0 Å². The van der Waals surface area contributed by atoms with E-state index in [1.54, 1.807) is 0 Å². The van der Waals surface area contributed by atoms with Crippen LogP contribution in [0, 0.1) is 0 Å². The van der Waals surface area contributed by atoms with Crippen LogP contribution in [0.3, 0.4) is 0 Å². The van der Waals surface area contributed by atoms with Crippen LogP contribution >= 0.6 is 0 Å². The highest BCUT2D eigenvalue weighted by Crippen LogP contribution is 2.16. The van der Waals surface area contributed by atoms with Crippen molar-refractivity contribution in [3.63, 3.8) is 0 Å². The van der Waals surface area contributed by atoms with Gasteiger partial charge in [-0.25, -0.2) is 4.79 Å². The fraction of sp³-hybridized carbons (Fsp3) is 0.929. The SMILES string of the molecule is O=C(NCCN1CCOCC1)NC1CCCCCC1. The van der Waals surface area contributed by atoms with Gasteiger partial charge in [-0.3, -0.25) is 4.90 Å². The Bertz CT molecular complexity index is 259. The van der Waals surface area contributed by atoms with Crippen LogP contribution in [0.15, 0.2) is 0 Å². The number of carbonyl (C=O) groups excluding carboxylic acids is 1. The summed E-state index contributed by atoms with van der Waals surface area (Å²) < 4.78 is 5.30. The van der Waals surface area contributed by atoms with E-state index < -0.39 is 0 Å². The van der Waals surface area contributed by atoms with Gasteiger partial charge in [0.1, 0.15) is 0 Å². The highest BCUT2D eigenvalue weighted by Gasteiger charge is 2.15. The molecule has 1 aliphatic carbocycles. The molecule has 2 fully saturated rings. The Morgan fingerprint density at radius 3 is 2.47 bits per heavy atom. The molecule has 5 heteroatoms. The average molecular weight is 269 g/mol. The summed E-state index contributed by atoms with van der Waals surface area (Å²) in [7, 11) is 0. The highest BCUT2D eigenvalue weighted by molar-refractivity contribution is 5.74. The first kappa shape index (κ1) is 14.6. The van der Waals surface area contributed by atoms with Crippen LogP contribution in [0.1, 0.15) is 38.5 Å². The Kier molecular flexibility index (Phi) is 6.44. The second-order valence-corrected chi connectivity index (χ2v) is 5.54. The van der Waals surface area contributed by atoms with E-state index in [2.05, 4.69) is 15.5 Å². The van der Waals surface area contributed by atoms with Crippen molar-refractivity contribution in [2.75, 3.05) is 39.4 Å². The van der Waals surface area contributed by atoms with Crippen molar-refractivity contribution in [3.8, 4) is 0 Å². The van der Waals surface area contributed by atoms with Crippen LogP contribution in [-0.4, -0.2) is 56.4 Å². The lowest BCUT2D eigenvalue weighted by atomic mass is 10.1. The topological polar surface area (TPSA) is 53.6 Å². The van der Waals surface area contributed by atoms with Gasteiger partial charge in [-0.15, -0.1) is 0 Å².